The maximum Gasteiger partial charge on any atom is 0.390 e. The lowest BCUT2D eigenvalue weighted by molar-refractivity contribution is -0.140. The van der Waals surface area contributed by atoms with Gasteiger partial charge in [-0.05, 0) is 17.7 Å². The Morgan fingerprint density at radius 1 is 1.19 bits per heavy atom. The molecular weight excluding hydrogens is 231 g/mol. The van der Waals surface area contributed by atoms with Crippen molar-refractivity contribution in [3.63, 3.8) is 0 Å². The summed E-state index contributed by atoms with van der Waals surface area (Å²) in [5.41, 5.74) is 1.86. The molecule has 0 bridgehead atoms. The van der Waals surface area contributed by atoms with E-state index >= 15 is 0 Å². The maximum atomic E-state index is 12.8. The normalized spacial score (nSPS) is 13.9. The second-order valence-electron chi connectivity index (χ2n) is 3.21. The second kappa shape index (κ2) is 4.75. The summed E-state index contributed by atoms with van der Waals surface area (Å²) in [6, 6.07) is 1.20. The molecule has 16 heavy (non-hydrogen) atoms. The van der Waals surface area contributed by atoms with Crippen molar-refractivity contribution in [2.75, 3.05) is 0 Å². The van der Waals surface area contributed by atoms with Crippen LogP contribution in [0.3, 0.4) is 0 Å². The lowest BCUT2D eigenvalue weighted by atomic mass is 10.0. The van der Waals surface area contributed by atoms with Gasteiger partial charge in [0.1, 0.15) is 0 Å². The van der Waals surface area contributed by atoms with Gasteiger partial charge >= 0.3 is 6.18 Å². The minimum atomic E-state index is -4.44. The van der Waals surface area contributed by atoms with E-state index in [4.69, 9.17) is 5.84 Å². The Hall–Kier alpha value is -1.21. The molecule has 1 unspecified atom stereocenters. The third-order valence-corrected chi connectivity index (χ3v) is 1.98. The Balaban J connectivity index is 2.91. The van der Waals surface area contributed by atoms with E-state index in [9.17, 15) is 22.0 Å². The van der Waals surface area contributed by atoms with Gasteiger partial charge in [-0.15, -0.1) is 0 Å². The van der Waals surface area contributed by atoms with Gasteiger partial charge in [-0.2, -0.15) is 13.2 Å². The van der Waals surface area contributed by atoms with Crippen LogP contribution in [0.15, 0.2) is 18.2 Å². The molecule has 1 atom stereocenters. The van der Waals surface area contributed by atoms with Crippen molar-refractivity contribution in [1.82, 2.24) is 5.43 Å². The quantitative estimate of drug-likeness (QED) is 0.483. The topological polar surface area (TPSA) is 38.0 Å². The minimum Gasteiger partial charge on any atom is -0.271 e. The van der Waals surface area contributed by atoms with Crippen molar-refractivity contribution in [1.29, 1.82) is 0 Å². The molecule has 1 rings (SSSR count). The molecule has 2 nitrogen and oxygen atoms in total. The highest BCUT2D eigenvalue weighted by molar-refractivity contribution is 5.21. The molecular formula is C9H9F5N2. The number of hydrogen-bond donors (Lipinski definition) is 2. The number of halogens is 5. The molecule has 3 N–H and O–H groups in total. The third kappa shape index (κ3) is 3.42. The van der Waals surface area contributed by atoms with E-state index in [2.05, 4.69) is 0 Å². The van der Waals surface area contributed by atoms with Crippen molar-refractivity contribution >= 4 is 0 Å². The fraction of sp³-hybridized carbons (Fsp3) is 0.333. The zero-order chi connectivity index (χ0) is 12.3. The molecule has 1 aromatic carbocycles. The summed E-state index contributed by atoms with van der Waals surface area (Å²) in [5.74, 6) is 2.61. The van der Waals surface area contributed by atoms with Gasteiger partial charge in [0.2, 0.25) is 0 Å². The van der Waals surface area contributed by atoms with Crippen LogP contribution < -0.4 is 11.3 Å². The lowest BCUT2D eigenvalue weighted by Crippen LogP contribution is -2.31. The molecule has 0 aromatic heterocycles. The van der Waals surface area contributed by atoms with Gasteiger partial charge in [-0.1, -0.05) is 6.07 Å². The van der Waals surface area contributed by atoms with Crippen molar-refractivity contribution in [2.45, 2.75) is 18.6 Å². The Labute approximate surface area is 88.2 Å². The Kier molecular flexibility index (Phi) is 3.82. The van der Waals surface area contributed by atoms with Gasteiger partial charge < -0.3 is 0 Å². The molecule has 0 saturated carbocycles. The summed E-state index contributed by atoms with van der Waals surface area (Å²) in [6.45, 7) is 0. The molecule has 0 heterocycles. The standard InChI is InChI=1S/C9H9F5N2/c10-6-2-1-5(3-7(6)11)8(16-15)4-9(12,13)14/h1-3,8,16H,4,15H2. The summed E-state index contributed by atoms with van der Waals surface area (Å²) in [7, 11) is 0. The Bertz CT molecular complexity index is 363. The third-order valence-electron chi connectivity index (χ3n) is 1.98. The van der Waals surface area contributed by atoms with Crippen LogP contribution in [-0.4, -0.2) is 6.18 Å². The highest BCUT2D eigenvalue weighted by Gasteiger charge is 2.32. The maximum absolute atomic E-state index is 12.8. The second-order valence-corrected chi connectivity index (χ2v) is 3.21. The largest absolute Gasteiger partial charge is 0.390 e. The Morgan fingerprint density at radius 2 is 1.81 bits per heavy atom. The predicted molar refractivity (Wildman–Crippen MR) is 47.1 cm³/mol. The summed E-state index contributed by atoms with van der Waals surface area (Å²) < 4.78 is 61.6. The summed E-state index contributed by atoms with van der Waals surface area (Å²) in [4.78, 5) is 0. The van der Waals surface area contributed by atoms with Crippen molar-refractivity contribution in [3.05, 3.63) is 35.4 Å². The molecule has 0 aliphatic rings. The molecule has 0 aliphatic heterocycles. The zero-order valence-electron chi connectivity index (χ0n) is 7.98. The zero-order valence-corrected chi connectivity index (χ0v) is 7.98. The van der Waals surface area contributed by atoms with E-state index in [1.165, 1.54) is 0 Å². The lowest BCUT2D eigenvalue weighted by Gasteiger charge is -2.18. The van der Waals surface area contributed by atoms with Crippen molar-refractivity contribution in [2.24, 2.45) is 5.84 Å². The first-order chi connectivity index (χ1) is 7.33. The molecule has 0 saturated heterocycles. The average molecular weight is 240 g/mol. The smallest absolute Gasteiger partial charge is 0.271 e. The van der Waals surface area contributed by atoms with Crippen LogP contribution in [0, 0.1) is 11.6 Å². The van der Waals surface area contributed by atoms with Gasteiger partial charge in [-0.25, -0.2) is 8.78 Å². The molecule has 0 fully saturated rings. The molecule has 0 amide bonds. The molecule has 1 aromatic rings. The number of alkyl halides is 3. The molecule has 0 aliphatic carbocycles. The minimum absolute atomic E-state index is 0.0567. The van der Waals surface area contributed by atoms with Crippen LogP contribution in [0.4, 0.5) is 22.0 Å². The van der Waals surface area contributed by atoms with Crippen LogP contribution >= 0.6 is 0 Å². The highest BCUT2D eigenvalue weighted by atomic mass is 19.4. The van der Waals surface area contributed by atoms with Crippen LogP contribution in [0.25, 0.3) is 0 Å². The van der Waals surface area contributed by atoms with E-state index in [0.29, 0.717) is 6.07 Å². The molecule has 7 heteroatoms. The highest BCUT2D eigenvalue weighted by Crippen LogP contribution is 2.29. The van der Waals surface area contributed by atoms with Gasteiger partial charge in [0, 0.05) is 0 Å². The van der Waals surface area contributed by atoms with Crippen LogP contribution in [0.1, 0.15) is 18.0 Å². The van der Waals surface area contributed by atoms with Crippen LogP contribution in [0.5, 0.6) is 0 Å². The first kappa shape index (κ1) is 12.9. The summed E-state index contributed by atoms with van der Waals surface area (Å²) in [5, 5.41) is 0. The van der Waals surface area contributed by atoms with Crippen LogP contribution in [0.2, 0.25) is 0 Å². The molecule has 0 radical (unpaired) electrons. The fourth-order valence-electron chi connectivity index (χ4n) is 1.23. The first-order valence-electron chi connectivity index (χ1n) is 4.31. The number of nitrogens with two attached hydrogens (primary N) is 1. The number of benzene rings is 1. The molecule has 0 spiro atoms. The monoisotopic (exact) mass is 240 g/mol. The molecule has 90 valence electrons. The SMILES string of the molecule is NNC(CC(F)(F)F)c1ccc(F)c(F)c1. The predicted octanol–water partition coefficient (Wildman–Crippen LogP) is 2.42. The van der Waals surface area contributed by atoms with Gasteiger partial charge in [0.25, 0.3) is 0 Å². The average Bonchev–Trinajstić information content (AvgIpc) is 2.17. The fourth-order valence-corrected chi connectivity index (χ4v) is 1.23. The summed E-state index contributed by atoms with van der Waals surface area (Å²) >= 11 is 0. The van der Waals surface area contributed by atoms with E-state index in [1.54, 1.807) is 0 Å². The number of hydrazine groups is 1. The van der Waals surface area contributed by atoms with Gasteiger partial charge in [-0.3, -0.25) is 11.3 Å². The van der Waals surface area contributed by atoms with Crippen LogP contribution in [-0.2, 0) is 0 Å². The summed E-state index contributed by atoms with van der Waals surface area (Å²) in [6.07, 6.45) is -5.70. The van der Waals surface area contributed by atoms with E-state index < -0.39 is 30.3 Å². The van der Waals surface area contributed by atoms with Gasteiger partial charge in [0.05, 0.1) is 12.5 Å². The number of nitrogens with one attached hydrogen (secondary N) is 1. The van der Waals surface area contributed by atoms with E-state index in [-0.39, 0.29) is 5.56 Å². The van der Waals surface area contributed by atoms with Crippen molar-refractivity contribution < 1.29 is 22.0 Å². The van der Waals surface area contributed by atoms with Gasteiger partial charge in [0.15, 0.2) is 11.6 Å². The van der Waals surface area contributed by atoms with E-state index in [0.717, 1.165) is 12.1 Å². The Morgan fingerprint density at radius 3 is 2.25 bits per heavy atom. The number of hydrogen-bond acceptors (Lipinski definition) is 2. The number of rotatable bonds is 3. The first-order valence-corrected chi connectivity index (χ1v) is 4.31. The van der Waals surface area contributed by atoms with E-state index in [1.807, 2.05) is 5.43 Å². The van der Waals surface area contributed by atoms with Crippen molar-refractivity contribution in [3.8, 4) is 0 Å².